The zero-order chi connectivity index (χ0) is 21.0. The van der Waals surface area contributed by atoms with E-state index in [-0.39, 0.29) is 0 Å². The largest absolute Gasteiger partial charge is 0.486 e. The van der Waals surface area contributed by atoms with Crippen molar-refractivity contribution in [2.45, 2.75) is 13.5 Å². The minimum atomic E-state index is 0.588. The number of fused-ring (bicyclic) bond motifs is 1. The molecule has 0 radical (unpaired) electrons. The molecule has 2 aliphatic heterocycles. The van der Waals surface area contributed by atoms with Crippen LogP contribution in [0.4, 0.5) is 5.69 Å². The summed E-state index contributed by atoms with van der Waals surface area (Å²) in [6.07, 6.45) is 0. The number of para-hydroxylation sites is 1. The fourth-order valence-electron chi connectivity index (χ4n) is 3.93. The van der Waals surface area contributed by atoms with Gasteiger partial charge in [-0.3, -0.25) is 4.90 Å². The highest BCUT2D eigenvalue weighted by atomic mass is 32.1. The number of nitrogens with zero attached hydrogens (tertiary/aromatic N) is 3. The molecule has 3 heterocycles. The minimum Gasteiger partial charge on any atom is -0.486 e. The maximum absolute atomic E-state index is 5.82. The van der Waals surface area contributed by atoms with Gasteiger partial charge in [0.25, 0.3) is 0 Å². The average Bonchev–Trinajstić information content (AvgIpc) is 3.22. The van der Waals surface area contributed by atoms with E-state index in [1.54, 1.807) is 11.3 Å². The van der Waals surface area contributed by atoms with Crippen LogP contribution in [0.2, 0.25) is 0 Å². The van der Waals surface area contributed by atoms with Gasteiger partial charge < -0.3 is 18.8 Å². The van der Waals surface area contributed by atoms with E-state index < -0.39 is 0 Å². The second-order valence-electron chi connectivity index (χ2n) is 7.77. The Bertz CT molecular complexity index is 1120. The van der Waals surface area contributed by atoms with Gasteiger partial charge in [-0.15, -0.1) is 11.3 Å². The molecule has 0 spiro atoms. The lowest BCUT2D eigenvalue weighted by Gasteiger charge is -2.27. The molecule has 2 aliphatic rings. The number of aryl methyl sites for hydroxylation is 1. The number of rotatable bonds is 5. The molecule has 7 heteroatoms. The molecule has 0 amide bonds. The van der Waals surface area contributed by atoms with Gasteiger partial charge in [0.15, 0.2) is 16.3 Å². The SMILES string of the molecule is Cc1ccccc1N=c1scc(-c2ccc3c(c2)OCCO3)n1CCN1CCOCC1. The first-order chi connectivity index (χ1) is 15.3. The smallest absolute Gasteiger partial charge is 0.190 e. The first-order valence-electron chi connectivity index (χ1n) is 10.8. The van der Waals surface area contributed by atoms with Gasteiger partial charge in [0, 0.05) is 37.1 Å². The van der Waals surface area contributed by atoms with Crippen LogP contribution in [0, 0.1) is 6.92 Å². The van der Waals surface area contributed by atoms with Crippen molar-refractivity contribution in [1.29, 1.82) is 0 Å². The molecule has 0 N–H and O–H groups in total. The predicted molar refractivity (Wildman–Crippen MR) is 122 cm³/mol. The molecular formula is C24H27N3O3S. The number of hydrogen-bond donors (Lipinski definition) is 0. The van der Waals surface area contributed by atoms with Gasteiger partial charge in [0.05, 0.1) is 24.6 Å². The molecule has 2 aromatic carbocycles. The predicted octanol–water partition coefficient (Wildman–Crippen LogP) is 3.86. The molecule has 0 bridgehead atoms. The Morgan fingerprint density at radius 2 is 1.74 bits per heavy atom. The molecule has 0 atom stereocenters. The maximum atomic E-state index is 5.82. The van der Waals surface area contributed by atoms with Crippen molar-refractivity contribution in [3.8, 4) is 22.8 Å². The number of ether oxygens (including phenoxy) is 3. The Kier molecular flexibility index (Phi) is 6.06. The van der Waals surface area contributed by atoms with Gasteiger partial charge in [-0.2, -0.15) is 0 Å². The lowest BCUT2D eigenvalue weighted by molar-refractivity contribution is 0.0363. The summed E-state index contributed by atoms with van der Waals surface area (Å²) < 4.78 is 19.4. The van der Waals surface area contributed by atoms with Crippen molar-refractivity contribution in [3.63, 3.8) is 0 Å². The Hall–Kier alpha value is -2.61. The fraction of sp³-hybridized carbons (Fsp3) is 0.375. The van der Waals surface area contributed by atoms with E-state index in [1.165, 1.54) is 5.56 Å². The van der Waals surface area contributed by atoms with E-state index in [9.17, 15) is 0 Å². The van der Waals surface area contributed by atoms with Crippen molar-refractivity contribution >= 4 is 17.0 Å². The van der Waals surface area contributed by atoms with E-state index in [1.807, 2.05) is 12.1 Å². The lowest BCUT2D eigenvalue weighted by atomic mass is 10.1. The zero-order valence-electron chi connectivity index (χ0n) is 17.8. The summed E-state index contributed by atoms with van der Waals surface area (Å²) in [6.45, 7) is 8.72. The van der Waals surface area contributed by atoms with Gasteiger partial charge in [0.2, 0.25) is 0 Å². The number of morpholine rings is 1. The van der Waals surface area contributed by atoms with Crippen LogP contribution < -0.4 is 14.3 Å². The van der Waals surface area contributed by atoms with Crippen LogP contribution in [0.25, 0.3) is 11.3 Å². The summed E-state index contributed by atoms with van der Waals surface area (Å²) in [5.41, 5.74) is 4.46. The summed E-state index contributed by atoms with van der Waals surface area (Å²) in [5.74, 6) is 1.63. The topological polar surface area (TPSA) is 48.2 Å². The molecule has 3 aromatic rings. The van der Waals surface area contributed by atoms with Crippen molar-refractivity contribution in [2.75, 3.05) is 46.1 Å². The Morgan fingerprint density at radius 3 is 2.58 bits per heavy atom. The van der Waals surface area contributed by atoms with Crippen LogP contribution in [-0.4, -0.2) is 55.5 Å². The fourth-order valence-corrected chi connectivity index (χ4v) is 4.87. The lowest BCUT2D eigenvalue weighted by Crippen LogP contribution is -2.39. The van der Waals surface area contributed by atoms with Crippen molar-refractivity contribution in [2.24, 2.45) is 4.99 Å². The summed E-state index contributed by atoms with van der Waals surface area (Å²) in [6, 6.07) is 14.5. The van der Waals surface area contributed by atoms with Crippen LogP contribution in [-0.2, 0) is 11.3 Å². The summed E-state index contributed by atoms with van der Waals surface area (Å²) >= 11 is 1.68. The highest BCUT2D eigenvalue weighted by Gasteiger charge is 2.17. The van der Waals surface area contributed by atoms with E-state index in [0.29, 0.717) is 13.2 Å². The van der Waals surface area contributed by atoms with Crippen molar-refractivity contribution < 1.29 is 14.2 Å². The van der Waals surface area contributed by atoms with E-state index in [4.69, 9.17) is 19.2 Å². The highest BCUT2D eigenvalue weighted by molar-refractivity contribution is 7.07. The third-order valence-electron chi connectivity index (χ3n) is 5.71. The number of hydrogen-bond acceptors (Lipinski definition) is 6. The maximum Gasteiger partial charge on any atom is 0.190 e. The summed E-state index contributed by atoms with van der Waals surface area (Å²) in [7, 11) is 0. The highest BCUT2D eigenvalue weighted by Crippen LogP contribution is 2.34. The van der Waals surface area contributed by atoms with E-state index in [0.717, 1.165) is 72.6 Å². The first-order valence-corrected chi connectivity index (χ1v) is 11.6. The standard InChI is InChI=1S/C24H27N3O3S/c1-18-4-2-3-5-20(18)25-24-27(9-8-26-10-12-28-13-11-26)21(17-31-24)19-6-7-22-23(16-19)30-15-14-29-22/h2-7,16-17H,8-15H2,1H3. The van der Waals surface area contributed by atoms with Crippen LogP contribution in [0.3, 0.4) is 0 Å². The second-order valence-corrected chi connectivity index (χ2v) is 8.60. The normalized spacial score (nSPS) is 17.1. The van der Waals surface area contributed by atoms with Crippen LogP contribution in [0.15, 0.2) is 52.8 Å². The van der Waals surface area contributed by atoms with Crippen LogP contribution in [0.5, 0.6) is 11.5 Å². The molecule has 162 valence electrons. The van der Waals surface area contributed by atoms with Gasteiger partial charge in [0.1, 0.15) is 13.2 Å². The number of thiazole rings is 1. The molecule has 0 saturated carbocycles. The molecule has 31 heavy (non-hydrogen) atoms. The van der Waals surface area contributed by atoms with Crippen molar-refractivity contribution in [1.82, 2.24) is 9.47 Å². The molecule has 0 unspecified atom stereocenters. The van der Waals surface area contributed by atoms with Gasteiger partial charge in [-0.05, 0) is 36.8 Å². The average molecular weight is 438 g/mol. The molecule has 0 aliphatic carbocycles. The molecule has 1 saturated heterocycles. The molecule has 5 rings (SSSR count). The summed E-state index contributed by atoms with van der Waals surface area (Å²) in [4.78, 5) is 8.48. The van der Waals surface area contributed by atoms with Gasteiger partial charge >= 0.3 is 0 Å². The Balaban J connectivity index is 1.53. The Labute approximate surface area is 186 Å². The summed E-state index contributed by atoms with van der Waals surface area (Å²) in [5, 5.41) is 2.20. The van der Waals surface area contributed by atoms with Crippen LogP contribution in [0.1, 0.15) is 5.56 Å². The van der Waals surface area contributed by atoms with E-state index >= 15 is 0 Å². The van der Waals surface area contributed by atoms with Gasteiger partial charge in [-0.1, -0.05) is 18.2 Å². The first kappa shape index (κ1) is 20.3. The van der Waals surface area contributed by atoms with E-state index in [2.05, 4.69) is 52.1 Å². The Morgan fingerprint density at radius 1 is 0.935 bits per heavy atom. The molecule has 6 nitrogen and oxygen atoms in total. The van der Waals surface area contributed by atoms with Gasteiger partial charge in [-0.25, -0.2) is 4.99 Å². The molecule has 1 fully saturated rings. The number of aromatic nitrogens is 1. The number of benzene rings is 2. The second kappa shape index (κ2) is 9.26. The quantitative estimate of drug-likeness (QED) is 0.608. The third kappa shape index (κ3) is 4.54. The van der Waals surface area contributed by atoms with Crippen molar-refractivity contribution in [3.05, 3.63) is 58.2 Å². The third-order valence-corrected chi connectivity index (χ3v) is 6.57. The molecular weight excluding hydrogens is 410 g/mol. The minimum absolute atomic E-state index is 0.588. The zero-order valence-corrected chi connectivity index (χ0v) is 18.6. The van der Waals surface area contributed by atoms with Crippen LogP contribution >= 0.6 is 11.3 Å². The monoisotopic (exact) mass is 437 g/mol. The molecule has 1 aromatic heterocycles.